The number of nitrogens with one attached hydrogen (secondary N) is 1. The number of hydrogen-bond acceptors (Lipinski definition) is 1. The van der Waals surface area contributed by atoms with Gasteiger partial charge in [-0.3, -0.25) is 0 Å². The van der Waals surface area contributed by atoms with Gasteiger partial charge in [-0.2, -0.15) is 0 Å². The van der Waals surface area contributed by atoms with Crippen LogP contribution in [0.2, 0.25) is 0 Å². The van der Waals surface area contributed by atoms with Gasteiger partial charge >= 0.3 is 0 Å². The third-order valence-corrected chi connectivity index (χ3v) is 4.60. The summed E-state index contributed by atoms with van der Waals surface area (Å²) in [7, 11) is 0. The van der Waals surface area contributed by atoms with Gasteiger partial charge in [0.1, 0.15) is 0 Å². The second-order valence-corrected chi connectivity index (χ2v) is 5.76. The predicted octanol–water partition coefficient (Wildman–Crippen LogP) is 3.56. The van der Waals surface area contributed by atoms with Crippen LogP contribution in [0, 0.1) is 6.92 Å². The summed E-state index contributed by atoms with van der Waals surface area (Å²) in [4.78, 5) is 0. The summed E-state index contributed by atoms with van der Waals surface area (Å²) in [6, 6.07) is 7.68. The summed E-state index contributed by atoms with van der Waals surface area (Å²) in [5.41, 5.74) is 4.82. The summed E-state index contributed by atoms with van der Waals surface area (Å²) < 4.78 is 0. The van der Waals surface area contributed by atoms with Gasteiger partial charge in [0.2, 0.25) is 0 Å². The van der Waals surface area contributed by atoms with Crippen molar-refractivity contribution in [3.8, 4) is 0 Å². The number of rotatable bonds is 2. The first kappa shape index (κ1) is 11.3. The average molecular weight is 229 g/mol. The largest absolute Gasteiger partial charge is 0.314 e. The van der Waals surface area contributed by atoms with E-state index in [1.807, 2.05) is 0 Å². The van der Waals surface area contributed by atoms with E-state index in [-0.39, 0.29) is 0 Å². The van der Waals surface area contributed by atoms with E-state index < -0.39 is 0 Å². The van der Waals surface area contributed by atoms with Crippen molar-refractivity contribution in [2.45, 2.75) is 57.4 Å². The molecule has 0 spiro atoms. The monoisotopic (exact) mass is 229 g/mol. The molecule has 1 aromatic rings. The fourth-order valence-electron chi connectivity index (χ4n) is 3.68. The Bertz CT molecular complexity index is 391. The van der Waals surface area contributed by atoms with Crippen LogP contribution >= 0.6 is 0 Å². The molecule has 0 radical (unpaired) electrons. The second kappa shape index (κ2) is 4.81. The van der Waals surface area contributed by atoms with Crippen molar-refractivity contribution in [1.29, 1.82) is 0 Å². The number of benzene rings is 1. The van der Waals surface area contributed by atoms with E-state index in [0.29, 0.717) is 0 Å². The van der Waals surface area contributed by atoms with Crippen LogP contribution in [0.3, 0.4) is 0 Å². The first-order valence-electron chi connectivity index (χ1n) is 7.16. The molecule has 1 saturated heterocycles. The summed E-state index contributed by atoms with van der Waals surface area (Å²) in [6.45, 7) is 3.51. The minimum absolute atomic E-state index is 0.784. The normalized spacial score (nSPS) is 28.1. The summed E-state index contributed by atoms with van der Waals surface area (Å²) in [5, 5.41) is 3.65. The quantitative estimate of drug-likeness (QED) is 0.817. The van der Waals surface area contributed by atoms with Crippen LogP contribution in [0.25, 0.3) is 0 Å². The predicted molar refractivity (Wildman–Crippen MR) is 72.5 cm³/mol. The molecule has 0 saturated carbocycles. The van der Waals surface area contributed by atoms with Crippen molar-refractivity contribution in [2.75, 3.05) is 6.54 Å². The topological polar surface area (TPSA) is 12.0 Å². The van der Waals surface area contributed by atoms with Gasteiger partial charge in [-0.1, -0.05) is 18.2 Å². The molecule has 0 amide bonds. The highest BCUT2D eigenvalue weighted by Gasteiger charge is 2.25. The van der Waals surface area contributed by atoms with Gasteiger partial charge < -0.3 is 5.32 Å². The fraction of sp³-hybridized carbons (Fsp3) is 0.625. The number of fused-ring (bicyclic) bond motifs is 1. The Labute approximate surface area is 105 Å². The van der Waals surface area contributed by atoms with Crippen LogP contribution in [0.15, 0.2) is 18.2 Å². The molecule has 1 aliphatic heterocycles. The lowest BCUT2D eigenvalue weighted by atomic mass is 9.78. The molecule has 0 aromatic heterocycles. The lowest BCUT2D eigenvalue weighted by Crippen LogP contribution is -2.25. The standard InChI is InChI=1S/C16H23N/c1-12-5-2-9-16-13(6-3-8-15(12)16)11-14-7-4-10-17-14/h2,5,9,13-14,17H,3-4,6-8,10-11H2,1H3. The minimum Gasteiger partial charge on any atom is -0.314 e. The Balaban J connectivity index is 1.81. The first-order chi connectivity index (χ1) is 8.34. The van der Waals surface area contributed by atoms with Gasteiger partial charge in [-0.05, 0) is 74.6 Å². The molecule has 1 aliphatic carbocycles. The molecule has 17 heavy (non-hydrogen) atoms. The van der Waals surface area contributed by atoms with E-state index in [4.69, 9.17) is 0 Å². The Morgan fingerprint density at radius 3 is 3.00 bits per heavy atom. The first-order valence-corrected chi connectivity index (χ1v) is 7.16. The average Bonchev–Trinajstić information content (AvgIpc) is 2.83. The van der Waals surface area contributed by atoms with Crippen LogP contribution in [0.4, 0.5) is 0 Å². The van der Waals surface area contributed by atoms with Gasteiger partial charge in [0, 0.05) is 6.04 Å². The van der Waals surface area contributed by atoms with E-state index in [1.165, 1.54) is 50.6 Å². The highest BCUT2D eigenvalue weighted by molar-refractivity contribution is 5.38. The molecule has 1 aromatic carbocycles. The zero-order valence-electron chi connectivity index (χ0n) is 10.8. The van der Waals surface area contributed by atoms with Crippen molar-refractivity contribution in [3.63, 3.8) is 0 Å². The molecular weight excluding hydrogens is 206 g/mol. The number of hydrogen-bond donors (Lipinski definition) is 1. The maximum atomic E-state index is 3.65. The molecule has 2 aliphatic rings. The molecule has 3 rings (SSSR count). The number of aryl methyl sites for hydroxylation is 1. The lowest BCUT2D eigenvalue weighted by Gasteiger charge is -2.28. The van der Waals surface area contributed by atoms with Crippen molar-refractivity contribution < 1.29 is 0 Å². The fourth-order valence-corrected chi connectivity index (χ4v) is 3.68. The zero-order valence-corrected chi connectivity index (χ0v) is 10.8. The van der Waals surface area contributed by atoms with Gasteiger partial charge in [-0.15, -0.1) is 0 Å². The molecule has 1 fully saturated rings. The van der Waals surface area contributed by atoms with Crippen molar-refractivity contribution in [3.05, 3.63) is 34.9 Å². The molecular formula is C16H23N. The van der Waals surface area contributed by atoms with E-state index in [9.17, 15) is 0 Å². The van der Waals surface area contributed by atoms with E-state index in [0.717, 1.165) is 12.0 Å². The van der Waals surface area contributed by atoms with Gasteiger partial charge in [0.25, 0.3) is 0 Å². The second-order valence-electron chi connectivity index (χ2n) is 5.76. The van der Waals surface area contributed by atoms with Gasteiger partial charge in [0.05, 0.1) is 0 Å². The maximum Gasteiger partial charge on any atom is 0.00733 e. The third-order valence-electron chi connectivity index (χ3n) is 4.60. The van der Waals surface area contributed by atoms with Crippen LogP contribution < -0.4 is 5.32 Å². The van der Waals surface area contributed by atoms with E-state index in [2.05, 4.69) is 30.4 Å². The van der Waals surface area contributed by atoms with Gasteiger partial charge in [0.15, 0.2) is 0 Å². The lowest BCUT2D eigenvalue weighted by molar-refractivity contribution is 0.445. The van der Waals surface area contributed by atoms with Gasteiger partial charge in [-0.25, -0.2) is 0 Å². The molecule has 1 heterocycles. The Morgan fingerprint density at radius 2 is 2.18 bits per heavy atom. The zero-order chi connectivity index (χ0) is 11.7. The van der Waals surface area contributed by atoms with Crippen LogP contribution in [-0.4, -0.2) is 12.6 Å². The smallest absolute Gasteiger partial charge is 0.00733 e. The third kappa shape index (κ3) is 2.26. The maximum absolute atomic E-state index is 3.65. The minimum atomic E-state index is 0.784. The molecule has 2 unspecified atom stereocenters. The van der Waals surface area contributed by atoms with E-state index >= 15 is 0 Å². The Kier molecular flexibility index (Phi) is 3.19. The molecule has 1 nitrogen and oxygen atoms in total. The molecule has 1 heteroatoms. The molecule has 92 valence electrons. The SMILES string of the molecule is Cc1cccc2c1CCCC2CC1CCCN1. The van der Waals surface area contributed by atoms with Crippen molar-refractivity contribution >= 4 is 0 Å². The Morgan fingerprint density at radius 1 is 1.24 bits per heavy atom. The molecule has 1 N–H and O–H groups in total. The van der Waals surface area contributed by atoms with Crippen molar-refractivity contribution in [2.24, 2.45) is 0 Å². The Hall–Kier alpha value is -0.820. The van der Waals surface area contributed by atoms with Crippen molar-refractivity contribution in [1.82, 2.24) is 5.32 Å². The van der Waals surface area contributed by atoms with Crippen LogP contribution in [0.5, 0.6) is 0 Å². The van der Waals surface area contributed by atoms with Crippen LogP contribution in [0.1, 0.15) is 54.7 Å². The summed E-state index contributed by atoms with van der Waals surface area (Å²) in [6.07, 6.45) is 8.20. The molecule has 2 atom stereocenters. The van der Waals surface area contributed by atoms with E-state index in [1.54, 1.807) is 11.1 Å². The highest BCUT2D eigenvalue weighted by Crippen LogP contribution is 2.37. The highest BCUT2D eigenvalue weighted by atomic mass is 14.9. The summed E-state index contributed by atoms with van der Waals surface area (Å²) >= 11 is 0. The van der Waals surface area contributed by atoms with Crippen LogP contribution in [-0.2, 0) is 6.42 Å². The summed E-state index contributed by atoms with van der Waals surface area (Å²) in [5.74, 6) is 0.814. The molecule has 0 bridgehead atoms.